The van der Waals surface area contributed by atoms with E-state index in [1.54, 1.807) is 20.8 Å². The lowest BCUT2D eigenvalue weighted by Crippen LogP contribution is -2.67. The predicted molar refractivity (Wildman–Crippen MR) is 102 cm³/mol. The molecule has 0 aliphatic carbocycles. The third kappa shape index (κ3) is 3.56. The number of hydrogen-bond acceptors (Lipinski definition) is 6. The third-order valence-corrected chi connectivity index (χ3v) is 8.51. The van der Waals surface area contributed by atoms with E-state index in [2.05, 4.69) is 17.2 Å². The highest BCUT2D eigenvalue weighted by Gasteiger charge is 2.62. The van der Waals surface area contributed by atoms with Crippen LogP contribution in [0.3, 0.4) is 0 Å². The Balaban J connectivity index is 2.47. The summed E-state index contributed by atoms with van der Waals surface area (Å²) in [6.07, 6.45) is 0.698. The molecule has 1 aliphatic heterocycles. The van der Waals surface area contributed by atoms with Crippen molar-refractivity contribution in [3.05, 3.63) is 24.3 Å². The Labute approximate surface area is 158 Å². The molecule has 1 fully saturated rings. The van der Waals surface area contributed by atoms with E-state index < -0.39 is 25.4 Å². The second-order valence-electron chi connectivity index (χ2n) is 6.32. The Kier molecular flexibility index (Phi) is 6.27. The summed E-state index contributed by atoms with van der Waals surface area (Å²) in [5.41, 5.74) is 0. The first-order valence-electron chi connectivity index (χ1n) is 8.18. The van der Waals surface area contributed by atoms with E-state index in [4.69, 9.17) is 4.74 Å². The number of benzene rings is 1. The van der Waals surface area contributed by atoms with Gasteiger partial charge in [0, 0.05) is 0 Å². The van der Waals surface area contributed by atoms with Gasteiger partial charge in [-0.1, -0.05) is 5.92 Å². The molecule has 1 aromatic carbocycles. The topological polar surface area (TPSA) is 92.7 Å². The fourth-order valence-electron chi connectivity index (χ4n) is 2.93. The summed E-state index contributed by atoms with van der Waals surface area (Å²) in [6, 6.07) is 5.78. The first-order valence-corrected chi connectivity index (χ1v) is 10.7. The average Bonchev–Trinajstić information content (AvgIpc) is 2.74. The standard InChI is InChI=1S/C18H23NO5S2/c1-4-5-12-24-14-7-9-15(10-8-14)26(22,23)18(16(20)21)17(2,3)25-13-6-11-19-18/h7-10,19H,6,11-13H2,1-3H3,(H,20,21). The lowest BCUT2D eigenvalue weighted by atomic mass is 10.0. The fraction of sp³-hybridized carbons (Fsp3) is 0.500. The van der Waals surface area contributed by atoms with Crippen LogP contribution in [0, 0.1) is 11.8 Å². The second kappa shape index (κ2) is 7.91. The van der Waals surface area contributed by atoms with Crippen molar-refractivity contribution in [2.45, 2.75) is 41.7 Å². The number of carbonyl (C=O) groups is 1. The molecule has 0 bridgehead atoms. The van der Waals surface area contributed by atoms with Crippen LogP contribution in [-0.2, 0) is 14.6 Å². The summed E-state index contributed by atoms with van der Waals surface area (Å²) in [4.78, 5) is 10.0. The van der Waals surface area contributed by atoms with Crippen molar-refractivity contribution in [3.63, 3.8) is 0 Å². The van der Waals surface area contributed by atoms with Gasteiger partial charge in [-0.2, -0.15) is 11.8 Å². The van der Waals surface area contributed by atoms with Crippen LogP contribution in [0.1, 0.15) is 27.2 Å². The molecule has 6 nitrogen and oxygen atoms in total. The zero-order valence-corrected chi connectivity index (χ0v) is 16.7. The van der Waals surface area contributed by atoms with Gasteiger partial charge in [0.2, 0.25) is 14.7 Å². The maximum Gasteiger partial charge on any atom is 0.341 e. The molecule has 0 saturated carbocycles. The molecule has 1 unspecified atom stereocenters. The molecule has 1 aromatic rings. The third-order valence-electron chi connectivity index (χ3n) is 4.33. The smallest absolute Gasteiger partial charge is 0.341 e. The van der Waals surface area contributed by atoms with Gasteiger partial charge >= 0.3 is 5.97 Å². The van der Waals surface area contributed by atoms with E-state index in [0.717, 1.165) is 0 Å². The Morgan fingerprint density at radius 3 is 2.58 bits per heavy atom. The Morgan fingerprint density at radius 2 is 2.00 bits per heavy atom. The van der Waals surface area contributed by atoms with Crippen molar-refractivity contribution in [1.29, 1.82) is 0 Å². The summed E-state index contributed by atoms with van der Waals surface area (Å²) in [5.74, 6) is 5.22. The summed E-state index contributed by atoms with van der Waals surface area (Å²) < 4.78 is 31.1. The monoisotopic (exact) mass is 397 g/mol. The average molecular weight is 398 g/mol. The molecule has 1 saturated heterocycles. The largest absolute Gasteiger partial charge is 0.481 e. The minimum atomic E-state index is -4.21. The molecular weight excluding hydrogens is 374 g/mol. The van der Waals surface area contributed by atoms with Crippen molar-refractivity contribution >= 4 is 27.6 Å². The first kappa shape index (κ1) is 20.6. The van der Waals surface area contributed by atoms with Crippen LogP contribution in [-0.4, -0.2) is 48.0 Å². The number of carboxylic acids is 1. The number of carboxylic acid groups (broad SMARTS) is 1. The van der Waals surface area contributed by atoms with Crippen LogP contribution in [0.25, 0.3) is 0 Å². The highest BCUT2D eigenvalue weighted by molar-refractivity contribution is 8.02. The Morgan fingerprint density at radius 1 is 1.35 bits per heavy atom. The van der Waals surface area contributed by atoms with Gasteiger partial charge in [0.25, 0.3) is 0 Å². The first-order chi connectivity index (χ1) is 12.2. The van der Waals surface area contributed by atoms with Crippen LogP contribution in [0.5, 0.6) is 5.75 Å². The van der Waals surface area contributed by atoms with E-state index in [9.17, 15) is 18.3 Å². The number of aliphatic carboxylic acids is 1. The number of ether oxygens (including phenoxy) is 1. The van der Waals surface area contributed by atoms with Crippen LogP contribution in [0.15, 0.2) is 29.2 Å². The number of hydrogen-bond donors (Lipinski definition) is 2. The molecule has 1 heterocycles. The summed E-state index contributed by atoms with van der Waals surface area (Å²) >= 11 is 1.35. The molecular formula is C18H23NO5S2. The summed E-state index contributed by atoms with van der Waals surface area (Å²) in [6.45, 7) is 5.53. The lowest BCUT2D eigenvalue weighted by Gasteiger charge is -2.41. The SMILES string of the molecule is CC#CCOc1ccc(S(=O)(=O)C2(C(=O)O)NCCCSC2(C)C)cc1. The van der Waals surface area contributed by atoms with Crippen molar-refractivity contribution in [2.24, 2.45) is 0 Å². The van der Waals surface area contributed by atoms with Crippen LogP contribution in [0.4, 0.5) is 0 Å². The molecule has 2 N–H and O–H groups in total. The maximum atomic E-state index is 13.4. The van der Waals surface area contributed by atoms with Gasteiger partial charge in [-0.3, -0.25) is 5.32 Å². The van der Waals surface area contributed by atoms with Gasteiger partial charge in [-0.25, -0.2) is 13.2 Å². The van der Waals surface area contributed by atoms with Gasteiger partial charge < -0.3 is 9.84 Å². The normalized spacial score (nSPS) is 22.6. The highest BCUT2D eigenvalue weighted by atomic mass is 32.2. The number of sulfone groups is 1. The molecule has 0 aromatic heterocycles. The van der Waals surface area contributed by atoms with Crippen LogP contribution in [0.2, 0.25) is 0 Å². The fourth-order valence-corrected chi connectivity index (χ4v) is 6.61. The van der Waals surface area contributed by atoms with Gasteiger partial charge in [-0.15, -0.1) is 5.92 Å². The van der Waals surface area contributed by atoms with E-state index in [1.165, 1.54) is 36.0 Å². The maximum absolute atomic E-state index is 13.4. The minimum absolute atomic E-state index is 0.0584. The number of rotatable bonds is 5. The van der Waals surface area contributed by atoms with Crippen LogP contribution < -0.4 is 10.1 Å². The molecule has 0 radical (unpaired) electrons. The van der Waals surface area contributed by atoms with E-state index in [0.29, 0.717) is 24.5 Å². The van der Waals surface area contributed by atoms with Crippen molar-refractivity contribution in [3.8, 4) is 17.6 Å². The minimum Gasteiger partial charge on any atom is -0.481 e. The molecule has 8 heteroatoms. The number of nitrogens with one attached hydrogen (secondary N) is 1. The summed E-state index contributed by atoms with van der Waals surface area (Å²) in [5, 5.41) is 12.8. The molecule has 26 heavy (non-hydrogen) atoms. The molecule has 142 valence electrons. The quantitative estimate of drug-likeness (QED) is 0.736. The van der Waals surface area contributed by atoms with Gasteiger partial charge in [0.05, 0.1) is 9.64 Å². The lowest BCUT2D eigenvalue weighted by molar-refractivity contribution is -0.141. The highest BCUT2D eigenvalue weighted by Crippen LogP contribution is 2.44. The van der Waals surface area contributed by atoms with Crippen LogP contribution >= 0.6 is 11.8 Å². The van der Waals surface area contributed by atoms with Crippen molar-refractivity contribution < 1.29 is 23.1 Å². The summed E-state index contributed by atoms with van der Waals surface area (Å²) in [7, 11) is -4.21. The Hall–Kier alpha value is -1.69. The predicted octanol–water partition coefficient (Wildman–Crippen LogP) is 2.15. The molecule has 2 rings (SSSR count). The molecule has 1 atom stereocenters. The number of thioether (sulfide) groups is 1. The van der Waals surface area contributed by atoms with Gasteiger partial charge in [0.1, 0.15) is 12.4 Å². The van der Waals surface area contributed by atoms with Crippen molar-refractivity contribution in [1.82, 2.24) is 5.32 Å². The zero-order valence-electron chi connectivity index (χ0n) is 15.0. The molecule has 1 aliphatic rings. The van der Waals surface area contributed by atoms with E-state index in [-0.39, 0.29) is 11.5 Å². The van der Waals surface area contributed by atoms with E-state index in [1.807, 2.05) is 0 Å². The zero-order chi connectivity index (χ0) is 19.4. The molecule has 0 amide bonds. The second-order valence-corrected chi connectivity index (χ2v) is 10.1. The van der Waals surface area contributed by atoms with Gasteiger partial charge in [-0.05, 0) is 63.8 Å². The molecule has 0 spiro atoms. The van der Waals surface area contributed by atoms with Crippen molar-refractivity contribution in [2.75, 3.05) is 18.9 Å². The van der Waals surface area contributed by atoms with Gasteiger partial charge in [0.15, 0.2) is 0 Å². The Bertz CT molecular complexity index is 821. The van der Waals surface area contributed by atoms with E-state index >= 15 is 0 Å².